The van der Waals surface area contributed by atoms with Crippen molar-refractivity contribution in [1.82, 2.24) is 4.72 Å². The summed E-state index contributed by atoms with van der Waals surface area (Å²) in [5.41, 5.74) is -1.05. The van der Waals surface area contributed by atoms with E-state index in [1.54, 1.807) is 0 Å². The van der Waals surface area contributed by atoms with Crippen molar-refractivity contribution in [3.05, 3.63) is 48.5 Å². The Hall–Kier alpha value is -2.98. The SMILES string of the molecule is CCCCCCCCCCC1(OCC(=O)NS(C)(=O)=O)COc2ccccc2OCCCOc2ccccc2OC1. The summed E-state index contributed by atoms with van der Waals surface area (Å²) >= 11 is 0. The number of rotatable bonds is 13. The van der Waals surface area contributed by atoms with Gasteiger partial charge >= 0.3 is 0 Å². The molecule has 1 amide bonds. The van der Waals surface area contributed by atoms with Crippen LogP contribution in [0.1, 0.15) is 71.1 Å². The third kappa shape index (κ3) is 12.2. The highest BCUT2D eigenvalue weighted by Gasteiger charge is 2.35. The number of sulfonamides is 1. The van der Waals surface area contributed by atoms with E-state index in [0.717, 1.165) is 25.5 Å². The zero-order valence-electron chi connectivity index (χ0n) is 24.4. The molecule has 1 heterocycles. The molecule has 0 bridgehead atoms. The van der Waals surface area contributed by atoms with Crippen LogP contribution in [-0.4, -0.2) is 59.2 Å². The third-order valence-electron chi connectivity index (χ3n) is 6.78. The highest BCUT2D eigenvalue weighted by molar-refractivity contribution is 7.89. The maximum absolute atomic E-state index is 12.5. The second-order valence-electron chi connectivity index (χ2n) is 10.5. The molecule has 41 heavy (non-hydrogen) atoms. The summed E-state index contributed by atoms with van der Waals surface area (Å²) in [5.74, 6) is 1.55. The smallest absolute Gasteiger partial charge is 0.259 e. The average Bonchev–Trinajstić information content (AvgIpc) is 2.94. The summed E-state index contributed by atoms with van der Waals surface area (Å²) in [4.78, 5) is 12.5. The lowest BCUT2D eigenvalue weighted by molar-refractivity contribution is -0.140. The lowest BCUT2D eigenvalue weighted by Gasteiger charge is -2.34. The van der Waals surface area contributed by atoms with Crippen LogP contribution >= 0.6 is 0 Å². The van der Waals surface area contributed by atoms with Crippen LogP contribution in [0, 0.1) is 0 Å². The van der Waals surface area contributed by atoms with Gasteiger partial charge in [0.1, 0.15) is 25.4 Å². The molecule has 0 aliphatic carbocycles. The van der Waals surface area contributed by atoms with Crippen LogP contribution in [0.15, 0.2) is 48.5 Å². The minimum Gasteiger partial charge on any atom is -0.490 e. The molecule has 0 atom stereocenters. The van der Waals surface area contributed by atoms with Crippen LogP contribution < -0.4 is 23.7 Å². The summed E-state index contributed by atoms with van der Waals surface area (Å²) in [6, 6.07) is 14.8. The van der Waals surface area contributed by atoms with E-state index in [1.807, 2.05) is 53.3 Å². The van der Waals surface area contributed by atoms with Crippen LogP contribution in [0.2, 0.25) is 0 Å². The summed E-state index contributed by atoms with van der Waals surface area (Å²) in [6.45, 7) is 2.76. The zero-order valence-corrected chi connectivity index (χ0v) is 25.2. The van der Waals surface area contributed by atoms with E-state index in [1.165, 1.54) is 32.1 Å². The number of ether oxygens (including phenoxy) is 5. The van der Waals surface area contributed by atoms with Crippen molar-refractivity contribution in [2.75, 3.05) is 39.3 Å². The van der Waals surface area contributed by atoms with Gasteiger partial charge in [-0.15, -0.1) is 0 Å². The number of carbonyl (C=O) groups is 1. The molecule has 0 spiro atoms. The second-order valence-corrected chi connectivity index (χ2v) is 12.3. The lowest BCUT2D eigenvalue weighted by atomic mass is 9.96. The predicted octanol–water partition coefficient (Wildman–Crippen LogP) is 5.67. The normalized spacial score (nSPS) is 15.5. The summed E-state index contributed by atoms with van der Waals surface area (Å²) < 4.78 is 56.0. The molecule has 228 valence electrons. The maximum Gasteiger partial charge on any atom is 0.259 e. The third-order valence-corrected chi connectivity index (χ3v) is 7.38. The molecule has 0 saturated carbocycles. The van der Waals surface area contributed by atoms with E-state index in [2.05, 4.69) is 6.92 Å². The number of unbranched alkanes of at least 4 members (excludes halogenated alkanes) is 7. The Balaban J connectivity index is 1.83. The lowest BCUT2D eigenvalue weighted by Crippen LogP contribution is -2.47. The van der Waals surface area contributed by atoms with E-state index in [4.69, 9.17) is 23.7 Å². The zero-order chi connectivity index (χ0) is 29.4. The fourth-order valence-electron chi connectivity index (χ4n) is 4.60. The minimum atomic E-state index is -3.73. The molecule has 2 aromatic rings. The molecule has 0 unspecified atom stereocenters. The summed E-state index contributed by atoms with van der Waals surface area (Å²) in [7, 11) is -3.73. The standard InChI is InChI=1S/C31H45NO8S/c1-3-4-5-6-7-8-9-14-20-31(40-23-30(33)32-41(2,34)35)24-38-28-18-12-10-16-26(28)36-21-15-22-37-27-17-11-13-19-29(27)39-25-31/h10-13,16-19H,3-9,14-15,20-25H2,1-2H3,(H,32,33). The molecular weight excluding hydrogens is 546 g/mol. The van der Waals surface area contributed by atoms with Crippen LogP contribution in [0.3, 0.4) is 0 Å². The van der Waals surface area contributed by atoms with Gasteiger partial charge in [-0.05, 0) is 30.7 Å². The number of hydrogen-bond donors (Lipinski definition) is 1. The Morgan fingerprint density at radius 1 is 0.780 bits per heavy atom. The Labute approximate surface area is 244 Å². The molecule has 1 N–H and O–H groups in total. The molecule has 0 radical (unpaired) electrons. The van der Waals surface area contributed by atoms with Crippen molar-refractivity contribution in [2.24, 2.45) is 0 Å². The maximum atomic E-state index is 12.5. The highest BCUT2D eigenvalue weighted by atomic mass is 32.2. The Bertz CT molecular complexity index is 1120. The molecule has 0 saturated heterocycles. The number of amides is 1. The molecule has 3 rings (SSSR count). The van der Waals surface area contributed by atoms with Crippen LogP contribution in [0.4, 0.5) is 0 Å². The van der Waals surface area contributed by atoms with Gasteiger partial charge in [0.05, 0.1) is 19.5 Å². The highest BCUT2D eigenvalue weighted by Crippen LogP contribution is 2.33. The number of hydrogen-bond acceptors (Lipinski definition) is 8. The van der Waals surface area contributed by atoms with Crippen molar-refractivity contribution in [1.29, 1.82) is 0 Å². The van der Waals surface area contributed by atoms with Crippen LogP contribution in [-0.2, 0) is 19.6 Å². The van der Waals surface area contributed by atoms with Gasteiger partial charge < -0.3 is 23.7 Å². The first-order valence-electron chi connectivity index (χ1n) is 14.6. The van der Waals surface area contributed by atoms with Crippen molar-refractivity contribution in [3.8, 4) is 23.0 Å². The fraction of sp³-hybridized carbons (Fsp3) is 0.581. The number of nitrogens with one attached hydrogen (secondary N) is 1. The first-order chi connectivity index (χ1) is 19.8. The molecule has 1 aliphatic rings. The van der Waals surface area contributed by atoms with Gasteiger partial charge in [0.2, 0.25) is 10.0 Å². The number of benzene rings is 2. The summed E-state index contributed by atoms with van der Waals surface area (Å²) in [6.07, 6.45) is 11.2. The molecule has 9 nitrogen and oxygen atoms in total. The van der Waals surface area contributed by atoms with E-state index in [-0.39, 0.29) is 13.2 Å². The quantitative estimate of drug-likeness (QED) is 0.297. The van der Waals surface area contributed by atoms with Gasteiger partial charge in [0.15, 0.2) is 23.0 Å². The van der Waals surface area contributed by atoms with E-state index in [0.29, 0.717) is 49.1 Å². The Morgan fingerprint density at radius 3 is 1.73 bits per heavy atom. The van der Waals surface area contributed by atoms with Crippen molar-refractivity contribution < 1.29 is 36.9 Å². The Kier molecular flexibility index (Phi) is 13.6. The number of carbonyl (C=O) groups excluding carboxylic acids is 1. The molecule has 0 fully saturated rings. The van der Waals surface area contributed by atoms with Gasteiger partial charge in [0.25, 0.3) is 5.91 Å². The van der Waals surface area contributed by atoms with Gasteiger partial charge in [-0.3, -0.25) is 9.52 Å². The Morgan fingerprint density at radius 2 is 1.24 bits per heavy atom. The predicted molar refractivity (Wildman–Crippen MR) is 158 cm³/mol. The average molecular weight is 592 g/mol. The van der Waals surface area contributed by atoms with E-state index < -0.39 is 28.1 Å². The van der Waals surface area contributed by atoms with Crippen molar-refractivity contribution in [3.63, 3.8) is 0 Å². The largest absolute Gasteiger partial charge is 0.490 e. The first-order valence-corrected chi connectivity index (χ1v) is 16.5. The molecule has 2 aromatic carbocycles. The van der Waals surface area contributed by atoms with Gasteiger partial charge in [-0.2, -0.15) is 0 Å². The fourth-order valence-corrected chi connectivity index (χ4v) is 5.07. The van der Waals surface area contributed by atoms with Crippen molar-refractivity contribution in [2.45, 2.75) is 76.7 Å². The second kappa shape index (κ2) is 17.1. The van der Waals surface area contributed by atoms with E-state index >= 15 is 0 Å². The van der Waals surface area contributed by atoms with Gasteiger partial charge in [0, 0.05) is 6.42 Å². The van der Waals surface area contributed by atoms with Gasteiger partial charge in [-0.1, -0.05) is 82.6 Å². The van der Waals surface area contributed by atoms with Crippen LogP contribution in [0.5, 0.6) is 23.0 Å². The number of para-hydroxylation sites is 4. The molecule has 1 aliphatic heterocycles. The van der Waals surface area contributed by atoms with Crippen LogP contribution in [0.25, 0.3) is 0 Å². The topological polar surface area (TPSA) is 109 Å². The first kappa shape index (κ1) is 32.5. The summed E-state index contributed by atoms with van der Waals surface area (Å²) in [5, 5.41) is 0. The monoisotopic (exact) mass is 591 g/mol. The number of fused-ring (bicyclic) bond motifs is 2. The molecule has 0 aromatic heterocycles. The molecular formula is C31H45NO8S. The molecule has 10 heteroatoms. The van der Waals surface area contributed by atoms with E-state index in [9.17, 15) is 13.2 Å². The van der Waals surface area contributed by atoms with Crippen molar-refractivity contribution >= 4 is 15.9 Å². The van der Waals surface area contributed by atoms with Gasteiger partial charge in [-0.25, -0.2) is 8.42 Å². The minimum absolute atomic E-state index is 0.0685.